The molecule has 0 amide bonds. The zero-order chi connectivity index (χ0) is 22.8. The quantitative estimate of drug-likeness (QED) is 0.268. The average molecular weight is 450 g/mol. The SMILES string of the molecule is COc1ccc(C(CCN(C)Cc2ccccc2)(Cc2ccccc2SC)OC=O)cc1. The molecule has 0 bridgehead atoms. The molecule has 0 fully saturated rings. The van der Waals surface area contributed by atoms with Gasteiger partial charge in [-0.2, -0.15) is 0 Å². The number of ether oxygens (including phenoxy) is 2. The summed E-state index contributed by atoms with van der Waals surface area (Å²) in [5, 5.41) is 0. The first-order valence-corrected chi connectivity index (χ1v) is 11.9. The number of benzene rings is 3. The van der Waals surface area contributed by atoms with Gasteiger partial charge in [-0.1, -0.05) is 60.7 Å². The van der Waals surface area contributed by atoms with E-state index in [1.54, 1.807) is 18.9 Å². The number of thioether (sulfide) groups is 1. The largest absolute Gasteiger partial charge is 0.497 e. The Balaban J connectivity index is 1.91. The summed E-state index contributed by atoms with van der Waals surface area (Å²) < 4.78 is 11.3. The van der Waals surface area contributed by atoms with Crippen LogP contribution in [-0.4, -0.2) is 38.3 Å². The summed E-state index contributed by atoms with van der Waals surface area (Å²) >= 11 is 1.71. The van der Waals surface area contributed by atoms with Gasteiger partial charge in [-0.3, -0.25) is 4.79 Å². The molecule has 3 aromatic carbocycles. The van der Waals surface area contributed by atoms with Gasteiger partial charge in [0.15, 0.2) is 0 Å². The van der Waals surface area contributed by atoms with Gasteiger partial charge < -0.3 is 14.4 Å². The number of hydrogen-bond donors (Lipinski definition) is 0. The Labute approximate surface area is 195 Å². The highest BCUT2D eigenvalue weighted by atomic mass is 32.2. The first kappa shape index (κ1) is 23.9. The molecule has 0 saturated heterocycles. The fraction of sp³-hybridized carbons (Fsp3) is 0.296. The summed E-state index contributed by atoms with van der Waals surface area (Å²) in [6.07, 6.45) is 3.35. The van der Waals surface area contributed by atoms with E-state index in [-0.39, 0.29) is 0 Å². The van der Waals surface area contributed by atoms with Crippen molar-refractivity contribution in [2.24, 2.45) is 0 Å². The van der Waals surface area contributed by atoms with Crippen molar-refractivity contribution < 1.29 is 14.3 Å². The van der Waals surface area contributed by atoms with Crippen LogP contribution in [0.25, 0.3) is 0 Å². The summed E-state index contributed by atoms with van der Waals surface area (Å²) in [5.74, 6) is 0.777. The molecular weight excluding hydrogens is 418 g/mol. The molecule has 168 valence electrons. The summed E-state index contributed by atoms with van der Waals surface area (Å²) in [6, 6.07) is 26.6. The topological polar surface area (TPSA) is 38.8 Å². The summed E-state index contributed by atoms with van der Waals surface area (Å²) in [7, 11) is 3.75. The van der Waals surface area contributed by atoms with Crippen molar-refractivity contribution in [2.45, 2.75) is 29.9 Å². The van der Waals surface area contributed by atoms with E-state index in [0.717, 1.165) is 24.4 Å². The average Bonchev–Trinajstić information content (AvgIpc) is 2.84. The predicted molar refractivity (Wildman–Crippen MR) is 131 cm³/mol. The van der Waals surface area contributed by atoms with Crippen molar-refractivity contribution in [1.29, 1.82) is 0 Å². The second-order valence-electron chi connectivity index (χ2n) is 7.90. The zero-order valence-electron chi connectivity index (χ0n) is 19.0. The van der Waals surface area contributed by atoms with Crippen molar-refractivity contribution in [2.75, 3.05) is 27.0 Å². The third kappa shape index (κ3) is 6.15. The molecule has 0 aromatic heterocycles. The van der Waals surface area contributed by atoms with E-state index in [1.807, 2.05) is 42.5 Å². The predicted octanol–water partition coefficient (Wildman–Crippen LogP) is 5.55. The molecule has 0 saturated carbocycles. The van der Waals surface area contributed by atoms with Gasteiger partial charge >= 0.3 is 0 Å². The summed E-state index contributed by atoms with van der Waals surface area (Å²) in [5.41, 5.74) is 2.62. The van der Waals surface area contributed by atoms with Crippen LogP contribution in [0.5, 0.6) is 5.75 Å². The Kier molecular flexibility index (Phi) is 8.77. The highest BCUT2D eigenvalue weighted by molar-refractivity contribution is 7.98. The number of carbonyl (C=O) groups is 1. The van der Waals surface area contributed by atoms with Crippen LogP contribution in [-0.2, 0) is 28.1 Å². The van der Waals surface area contributed by atoms with Gasteiger partial charge in [0.2, 0.25) is 0 Å². The van der Waals surface area contributed by atoms with Gasteiger partial charge in [-0.25, -0.2) is 0 Å². The van der Waals surface area contributed by atoms with E-state index >= 15 is 0 Å². The minimum atomic E-state index is -0.773. The van der Waals surface area contributed by atoms with Crippen LogP contribution < -0.4 is 4.74 Å². The highest BCUT2D eigenvalue weighted by Gasteiger charge is 2.35. The van der Waals surface area contributed by atoms with E-state index in [9.17, 15) is 4.79 Å². The number of hydrogen-bond acceptors (Lipinski definition) is 5. The zero-order valence-corrected chi connectivity index (χ0v) is 19.8. The second kappa shape index (κ2) is 11.7. The number of methoxy groups -OCH3 is 1. The molecule has 0 aliphatic carbocycles. The molecule has 0 radical (unpaired) electrons. The van der Waals surface area contributed by atoms with Crippen molar-refractivity contribution >= 4 is 18.2 Å². The normalized spacial score (nSPS) is 12.9. The van der Waals surface area contributed by atoms with Crippen LogP contribution in [0, 0.1) is 0 Å². The molecule has 0 aliphatic rings. The second-order valence-corrected chi connectivity index (χ2v) is 8.75. The Morgan fingerprint density at radius 2 is 1.66 bits per heavy atom. The molecule has 0 heterocycles. The molecule has 1 unspecified atom stereocenters. The van der Waals surface area contributed by atoms with Gasteiger partial charge in [-0.05, 0) is 48.2 Å². The van der Waals surface area contributed by atoms with Crippen LogP contribution in [0.4, 0.5) is 0 Å². The van der Waals surface area contributed by atoms with Crippen molar-refractivity contribution in [1.82, 2.24) is 4.90 Å². The van der Waals surface area contributed by atoms with Crippen LogP contribution in [0.15, 0.2) is 83.8 Å². The van der Waals surface area contributed by atoms with Gasteiger partial charge in [0.05, 0.1) is 7.11 Å². The van der Waals surface area contributed by atoms with Gasteiger partial charge in [0.25, 0.3) is 6.47 Å². The first-order valence-electron chi connectivity index (χ1n) is 10.7. The third-order valence-corrected chi connectivity index (χ3v) is 6.59. The molecule has 0 N–H and O–H groups in total. The fourth-order valence-electron chi connectivity index (χ4n) is 3.99. The summed E-state index contributed by atoms with van der Waals surface area (Å²) in [6.45, 7) is 2.20. The monoisotopic (exact) mass is 449 g/mol. The minimum Gasteiger partial charge on any atom is -0.497 e. The lowest BCUT2D eigenvalue weighted by molar-refractivity contribution is -0.146. The van der Waals surface area contributed by atoms with Gasteiger partial charge in [0.1, 0.15) is 11.4 Å². The molecule has 3 rings (SSSR count). The fourth-order valence-corrected chi connectivity index (χ4v) is 4.61. The Hall–Kier alpha value is -2.76. The van der Waals surface area contributed by atoms with Crippen molar-refractivity contribution in [3.8, 4) is 5.75 Å². The van der Waals surface area contributed by atoms with E-state index in [2.05, 4.69) is 54.6 Å². The van der Waals surface area contributed by atoms with Crippen LogP contribution >= 0.6 is 11.8 Å². The van der Waals surface area contributed by atoms with Crippen LogP contribution in [0.3, 0.4) is 0 Å². The van der Waals surface area contributed by atoms with E-state index < -0.39 is 5.60 Å². The third-order valence-electron chi connectivity index (χ3n) is 5.75. The lowest BCUT2D eigenvalue weighted by Crippen LogP contribution is -2.36. The minimum absolute atomic E-state index is 0.586. The maximum atomic E-state index is 11.7. The molecular formula is C27H31NO3S. The lowest BCUT2D eigenvalue weighted by Gasteiger charge is -2.35. The summed E-state index contributed by atoms with van der Waals surface area (Å²) in [4.78, 5) is 15.2. The molecule has 3 aromatic rings. The van der Waals surface area contributed by atoms with E-state index in [0.29, 0.717) is 19.3 Å². The molecule has 0 spiro atoms. The lowest BCUT2D eigenvalue weighted by atomic mass is 9.83. The Bertz CT molecular complexity index is 978. The highest BCUT2D eigenvalue weighted by Crippen LogP contribution is 2.37. The maximum Gasteiger partial charge on any atom is 0.293 e. The van der Waals surface area contributed by atoms with E-state index in [1.165, 1.54) is 16.0 Å². The van der Waals surface area contributed by atoms with Crippen molar-refractivity contribution in [3.05, 3.63) is 95.6 Å². The Morgan fingerprint density at radius 3 is 2.31 bits per heavy atom. The smallest absolute Gasteiger partial charge is 0.293 e. The number of carbonyl (C=O) groups excluding carboxylic acids is 1. The molecule has 4 nitrogen and oxygen atoms in total. The number of rotatable bonds is 12. The molecule has 1 atom stereocenters. The Morgan fingerprint density at radius 1 is 0.969 bits per heavy atom. The van der Waals surface area contributed by atoms with Gasteiger partial charge in [0, 0.05) is 30.8 Å². The van der Waals surface area contributed by atoms with Gasteiger partial charge in [-0.15, -0.1) is 11.8 Å². The number of nitrogens with zero attached hydrogens (tertiary/aromatic N) is 1. The standard InChI is InChI=1S/C27H31NO3S/c1-28(20-22-9-5-4-6-10-22)18-17-27(31-21-29,24-13-15-25(30-2)16-14-24)19-23-11-7-8-12-26(23)32-3/h4-16,21H,17-20H2,1-3H3. The van der Waals surface area contributed by atoms with Crippen molar-refractivity contribution in [3.63, 3.8) is 0 Å². The van der Waals surface area contributed by atoms with Crippen LogP contribution in [0.2, 0.25) is 0 Å². The molecule has 32 heavy (non-hydrogen) atoms. The maximum absolute atomic E-state index is 11.7. The first-order chi connectivity index (χ1) is 15.6. The molecule has 0 aliphatic heterocycles. The molecule has 5 heteroatoms. The van der Waals surface area contributed by atoms with E-state index in [4.69, 9.17) is 9.47 Å². The van der Waals surface area contributed by atoms with Crippen LogP contribution in [0.1, 0.15) is 23.1 Å².